The first kappa shape index (κ1) is 18.5. The van der Waals surface area contributed by atoms with Gasteiger partial charge in [0.2, 0.25) is 10.0 Å². The van der Waals surface area contributed by atoms with Crippen molar-refractivity contribution in [2.24, 2.45) is 0 Å². The number of ether oxygens (including phenoxy) is 1. The van der Waals surface area contributed by atoms with Crippen molar-refractivity contribution in [1.29, 1.82) is 0 Å². The molecule has 1 aliphatic rings. The van der Waals surface area contributed by atoms with Gasteiger partial charge in [-0.2, -0.15) is 4.31 Å². The highest BCUT2D eigenvalue weighted by Crippen LogP contribution is 2.25. The van der Waals surface area contributed by atoms with E-state index in [2.05, 4.69) is 0 Å². The molecule has 0 amide bonds. The van der Waals surface area contributed by atoms with E-state index >= 15 is 0 Å². The lowest BCUT2D eigenvalue weighted by molar-refractivity contribution is 0.0734. The molecule has 3 rings (SSSR count). The standard InChI is InChI=1S/C19H20FNO4S/c1-14-8-9-15(19(22)25-17-7-5-6-16(20)13-17)12-18(14)26(23,24)21-10-3-2-4-11-21/h5-9,12-13H,2-4,10-11H2,1H3. The van der Waals surface area contributed by atoms with Crippen LogP contribution in [0.2, 0.25) is 0 Å². The third kappa shape index (κ3) is 3.94. The molecule has 0 aliphatic carbocycles. The van der Waals surface area contributed by atoms with Crippen LogP contribution in [0.15, 0.2) is 47.4 Å². The second-order valence-electron chi connectivity index (χ2n) is 6.29. The molecule has 0 N–H and O–H groups in total. The Balaban J connectivity index is 1.88. The normalized spacial score (nSPS) is 15.6. The maximum absolute atomic E-state index is 13.2. The van der Waals surface area contributed by atoms with Gasteiger partial charge < -0.3 is 4.74 Å². The molecular formula is C19H20FNO4S. The van der Waals surface area contributed by atoms with Crippen molar-refractivity contribution in [3.05, 3.63) is 59.4 Å². The summed E-state index contributed by atoms with van der Waals surface area (Å²) in [4.78, 5) is 12.4. The zero-order valence-corrected chi connectivity index (χ0v) is 15.3. The molecule has 26 heavy (non-hydrogen) atoms. The Bertz CT molecular complexity index is 921. The van der Waals surface area contributed by atoms with Gasteiger partial charge in [0.25, 0.3) is 0 Å². The summed E-state index contributed by atoms with van der Waals surface area (Å²) < 4.78 is 45.6. The number of nitrogens with zero attached hydrogens (tertiary/aromatic N) is 1. The lowest BCUT2D eigenvalue weighted by atomic mass is 10.1. The topological polar surface area (TPSA) is 63.7 Å². The Morgan fingerprint density at radius 2 is 1.81 bits per heavy atom. The molecule has 1 heterocycles. The SMILES string of the molecule is Cc1ccc(C(=O)Oc2cccc(F)c2)cc1S(=O)(=O)N1CCCCC1. The lowest BCUT2D eigenvalue weighted by Crippen LogP contribution is -2.36. The van der Waals surface area contributed by atoms with E-state index in [0.717, 1.165) is 25.3 Å². The summed E-state index contributed by atoms with van der Waals surface area (Å²) in [7, 11) is -3.66. The first-order valence-corrected chi connectivity index (χ1v) is 9.90. The minimum Gasteiger partial charge on any atom is -0.423 e. The fraction of sp³-hybridized carbons (Fsp3) is 0.316. The van der Waals surface area contributed by atoms with Gasteiger partial charge in [0, 0.05) is 19.2 Å². The van der Waals surface area contributed by atoms with E-state index in [1.54, 1.807) is 13.0 Å². The predicted octanol–water partition coefficient (Wildman–Crippen LogP) is 3.53. The molecule has 1 aliphatic heterocycles. The molecular weight excluding hydrogens is 357 g/mol. The zero-order chi connectivity index (χ0) is 18.7. The van der Waals surface area contributed by atoms with Crippen LogP contribution in [0.3, 0.4) is 0 Å². The molecule has 0 atom stereocenters. The molecule has 1 fully saturated rings. The fourth-order valence-corrected chi connectivity index (χ4v) is 4.71. The summed E-state index contributed by atoms with van der Waals surface area (Å²) in [6.07, 6.45) is 2.68. The molecule has 2 aromatic rings. The summed E-state index contributed by atoms with van der Waals surface area (Å²) in [5.41, 5.74) is 0.674. The van der Waals surface area contributed by atoms with E-state index in [1.165, 1.54) is 34.6 Å². The number of esters is 1. The summed E-state index contributed by atoms with van der Waals surface area (Å²) in [6.45, 7) is 2.66. The maximum Gasteiger partial charge on any atom is 0.343 e. The highest BCUT2D eigenvalue weighted by Gasteiger charge is 2.28. The van der Waals surface area contributed by atoms with Gasteiger partial charge in [0.1, 0.15) is 11.6 Å². The van der Waals surface area contributed by atoms with Crippen LogP contribution in [-0.2, 0) is 10.0 Å². The van der Waals surface area contributed by atoms with Gasteiger partial charge in [-0.3, -0.25) is 0 Å². The second-order valence-corrected chi connectivity index (χ2v) is 8.20. The number of carbonyl (C=O) groups excluding carboxylic acids is 1. The Morgan fingerprint density at radius 1 is 1.08 bits per heavy atom. The molecule has 2 aromatic carbocycles. The minimum absolute atomic E-state index is 0.0658. The summed E-state index contributed by atoms with van der Waals surface area (Å²) in [6, 6.07) is 9.65. The van der Waals surface area contributed by atoms with E-state index in [1.807, 2.05) is 0 Å². The van der Waals surface area contributed by atoms with Gasteiger partial charge in [0.15, 0.2) is 0 Å². The Morgan fingerprint density at radius 3 is 2.50 bits per heavy atom. The van der Waals surface area contributed by atoms with Crippen molar-refractivity contribution in [2.45, 2.75) is 31.1 Å². The monoisotopic (exact) mass is 377 g/mol. The molecule has 138 valence electrons. The largest absolute Gasteiger partial charge is 0.423 e. The van der Waals surface area contributed by atoms with Gasteiger partial charge in [-0.25, -0.2) is 17.6 Å². The molecule has 0 saturated carbocycles. The van der Waals surface area contributed by atoms with Crippen molar-refractivity contribution < 1.29 is 22.3 Å². The van der Waals surface area contributed by atoms with Crippen LogP contribution in [0.5, 0.6) is 5.75 Å². The molecule has 5 nitrogen and oxygen atoms in total. The Hall–Kier alpha value is -2.25. The number of hydrogen-bond donors (Lipinski definition) is 0. The smallest absolute Gasteiger partial charge is 0.343 e. The van der Waals surface area contributed by atoms with Gasteiger partial charge in [-0.1, -0.05) is 18.6 Å². The second kappa shape index (κ2) is 7.55. The van der Waals surface area contributed by atoms with Crippen LogP contribution in [0.4, 0.5) is 4.39 Å². The molecule has 0 aromatic heterocycles. The van der Waals surface area contributed by atoms with Crippen molar-refractivity contribution in [3.8, 4) is 5.75 Å². The maximum atomic E-state index is 13.2. The van der Waals surface area contributed by atoms with E-state index in [-0.39, 0.29) is 16.2 Å². The van der Waals surface area contributed by atoms with Crippen LogP contribution in [0, 0.1) is 12.7 Å². The van der Waals surface area contributed by atoms with Gasteiger partial charge in [-0.05, 0) is 49.6 Å². The number of halogens is 1. The van der Waals surface area contributed by atoms with Gasteiger partial charge >= 0.3 is 5.97 Å². The zero-order valence-electron chi connectivity index (χ0n) is 14.4. The van der Waals surface area contributed by atoms with Gasteiger partial charge in [-0.15, -0.1) is 0 Å². The molecule has 1 saturated heterocycles. The lowest BCUT2D eigenvalue weighted by Gasteiger charge is -2.26. The van der Waals surface area contributed by atoms with E-state index in [4.69, 9.17) is 4.74 Å². The van der Waals surface area contributed by atoms with Crippen molar-refractivity contribution in [3.63, 3.8) is 0 Å². The van der Waals surface area contributed by atoms with Crippen LogP contribution >= 0.6 is 0 Å². The average Bonchev–Trinajstić information content (AvgIpc) is 2.62. The third-order valence-corrected chi connectivity index (χ3v) is 6.40. The van der Waals surface area contributed by atoms with Crippen molar-refractivity contribution >= 4 is 16.0 Å². The molecule has 0 spiro atoms. The highest BCUT2D eigenvalue weighted by molar-refractivity contribution is 7.89. The first-order valence-electron chi connectivity index (χ1n) is 8.46. The molecule has 7 heteroatoms. The number of benzene rings is 2. The number of piperidine rings is 1. The van der Waals surface area contributed by atoms with Crippen molar-refractivity contribution in [1.82, 2.24) is 4.31 Å². The van der Waals surface area contributed by atoms with E-state index < -0.39 is 21.8 Å². The Kier molecular flexibility index (Phi) is 5.38. The predicted molar refractivity (Wildman–Crippen MR) is 95.1 cm³/mol. The average molecular weight is 377 g/mol. The summed E-state index contributed by atoms with van der Waals surface area (Å²) in [5, 5.41) is 0. The van der Waals surface area contributed by atoms with Crippen LogP contribution in [0.25, 0.3) is 0 Å². The quantitative estimate of drug-likeness (QED) is 0.604. The van der Waals surface area contributed by atoms with Crippen LogP contribution in [-0.4, -0.2) is 31.8 Å². The number of hydrogen-bond acceptors (Lipinski definition) is 4. The Labute approximate surface area is 152 Å². The third-order valence-electron chi connectivity index (χ3n) is 4.36. The van der Waals surface area contributed by atoms with E-state index in [9.17, 15) is 17.6 Å². The number of aryl methyl sites for hydroxylation is 1. The highest BCUT2D eigenvalue weighted by atomic mass is 32.2. The fourth-order valence-electron chi connectivity index (χ4n) is 2.95. The van der Waals surface area contributed by atoms with Gasteiger partial charge in [0.05, 0.1) is 10.5 Å². The first-order chi connectivity index (χ1) is 12.4. The van der Waals surface area contributed by atoms with Crippen LogP contribution < -0.4 is 4.74 Å². The van der Waals surface area contributed by atoms with Crippen LogP contribution in [0.1, 0.15) is 35.2 Å². The van der Waals surface area contributed by atoms with Crippen molar-refractivity contribution in [2.75, 3.05) is 13.1 Å². The summed E-state index contributed by atoms with van der Waals surface area (Å²) >= 11 is 0. The number of carbonyl (C=O) groups is 1. The number of sulfonamides is 1. The molecule has 0 unspecified atom stereocenters. The summed E-state index contributed by atoms with van der Waals surface area (Å²) in [5.74, 6) is -1.19. The number of rotatable bonds is 4. The minimum atomic E-state index is -3.66. The van der Waals surface area contributed by atoms with E-state index in [0.29, 0.717) is 18.7 Å². The molecule has 0 bridgehead atoms. The molecule has 0 radical (unpaired) electrons.